The van der Waals surface area contributed by atoms with Crippen molar-refractivity contribution in [3.05, 3.63) is 0 Å². The molecule has 5 nitrogen and oxygen atoms in total. The van der Waals surface area contributed by atoms with Gasteiger partial charge in [-0.2, -0.15) is 0 Å². The zero-order valence-corrected chi connectivity index (χ0v) is 9.61. The molecule has 0 spiro atoms. The van der Waals surface area contributed by atoms with Gasteiger partial charge in [-0.1, -0.05) is 6.92 Å². The molecule has 0 saturated heterocycles. The van der Waals surface area contributed by atoms with Crippen LogP contribution in [0.3, 0.4) is 0 Å². The minimum absolute atomic E-state index is 0.0233. The molecule has 0 aliphatic rings. The first-order valence-corrected chi connectivity index (χ1v) is 5.34. The molecule has 0 aromatic carbocycles. The van der Waals surface area contributed by atoms with E-state index in [-0.39, 0.29) is 18.6 Å². The summed E-state index contributed by atoms with van der Waals surface area (Å²) in [7, 11) is 1.36. The smallest absolute Gasteiger partial charge is 0.323 e. The predicted octanol–water partition coefficient (Wildman–Crippen LogP) is -0.419. The molecule has 15 heavy (non-hydrogen) atoms. The van der Waals surface area contributed by atoms with E-state index in [2.05, 4.69) is 0 Å². The number of hydrogen-bond donors (Lipinski definition) is 2. The standard InChI is InChI=1S/C10H22N2O3/c1-3-6-12(7-5-11)9(4-8-13)10(14)15-2/h9,13H,3-8,11H2,1-2H3. The normalized spacial score (nSPS) is 12.9. The summed E-state index contributed by atoms with van der Waals surface area (Å²) in [5, 5.41) is 8.90. The summed E-state index contributed by atoms with van der Waals surface area (Å²) in [6.45, 7) is 3.95. The molecule has 1 unspecified atom stereocenters. The van der Waals surface area contributed by atoms with Crippen molar-refractivity contribution < 1.29 is 14.6 Å². The highest BCUT2D eigenvalue weighted by molar-refractivity contribution is 5.75. The molecule has 5 heteroatoms. The maximum Gasteiger partial charge on any atom is 0.323 e. The monoisotopic (exact) mass is 218 g/mol. The van der Waals surface area contributed by atoms with Gasteiger partial charge in [0.1, 0.15) is 6.04 Å². The van der Waals surface area contributed by atoms with Crippen LogP contribution in [0.2, 0.25) is 0 Å². The topological polar surface area (TPSA) is 75.8 Å². The number of methoxy groups -OCH3 is 1. The second-order valence-corrected chi connectivity index (χ2v) is 3.38. The molecule has 0 saturated carbocycles. The molecule has 0 aliphatic heterocycles. The van der Waals surface area contributed by atoms with Crippen LogP contribution < -0.4 is 5.73 Å². The second kappa shape index (κ2) is 8.64. The van der Waals surface area contributed by atoms with Crippen LogP contribution >= 0.6 is 0 Å². The van der Waals surface area contributed by atoms with Crippen LogP contribution in [0.1, 0.15) is 19.8 Å². The van der Waals surface area contributed by atoms with Crippen LogP contribution in [0.5, 0.6) is 0 Å². The zero-order valence-electron chi connectivity index (χ0n) is 9.61. The van der Waals surface area contributed by atoms with E-state index >= 15 is 0 Å². The Balaban J connectivity index is 4.42. The number of carbonyl (C=O) groups excluding carboxylic acids is 1. The van der Waals surface area contributed by atoms with Gasteiger partial charge in [0.15, 0.2) is 0 Å². The van der Waals surface area contributed by atoms with Gasteiger partial charge in [0.05, 0.1) is 7.11 Å². The Bertz CT molecular complexity index is 170. The van der Waals surface area contributed by atoms with E-state index < -0.39 is 0 Å². The summed E-state index contributed by atoms with van der Waals surface area (Å²) >= 11 is 0. The van der Waals surface area contributed by atoms with Crippen molar-refractivity contribution >= 4 is 5.97 Å². The fourth-order valence-electron chi connectivity index (χ4n) is 1.58. The van der Waals surface area contributed by atoms with Crippen molar-refractivity contribution in [1.29, 1.82) is 0 Å². The van der Waals surface area contributed by atoms with E-state index in [1.165, 1.54) is 7.11 Å². The van der Waals surface area contributed by atoms with Gasteiger partial charge in [-0.05, 0) is 19.4 Å². The van der Waals surface area contributed by atoms with Crippen molar-refractivity contribution in [3.8, 4) is 0 Å². The van der Waals surface area contributed by atoms with Gasteiger partial charge < -0.3 is 15.6 Å². The third-order valence-electron chi connectivity index (χ3n) is 2.24. The molecule has 1 atom stereocenters. The third kappa shape index (κ3) is 5.11. The summed E-state index contributed by atoms with van der Waals surface area (Å²) in [5.74, 6) is -0.300. The molecule has 0 heterocycles. The molecule has 0 bridgehead atoms. The maximum absolute atomic E-state index is 11.5. The molecule has 0 aromatic rings. The van der Waals surface area contributed by atoms with Crippen LogP contribution in [-0.2, 0) is 9.53 Å². The third-order valence-corrected chi connectivity index (χ3v) is 2.24. The number of carbonyl (C=O) groups is 1. The summed E-state index contributed by atoms with van der Waals surface area (Å²) < 4.78 is 4.71. The van der Waals surface area contributed by atoms with E-state index in [4.69, 9.17) is 15.6 Å². The lowest BCUT2D eigenvalue weighted by molar-refractivity contribution is -0.147. The molecule has 0 fully saturated rings. The van der Waals surface area contributed by atoms with Crippen LogP contribution in [0.25, 0.3) is 0 Å². The Morgan fingerprint density at radius 1 is 1.53 bits per heavy atom. The zero-order chi connectivity index (χ0) is 11.7. The molecular formula is C10H22N2O3. The van der Waals surface area contributed by atoms with E-state index in [0.29, 0.717) is 19.5 Å². The van der Waals surface area contributed by atoms with Crippen molar-refractivity contribution in [2.75, 3.05) is 33.4 Å². The highest BCUT2D eigenvalue weighted by atomic mass is 16.5. The average Bonchev–Trinajstić information content (AvgIpc) is 2.25. The highest BCUT2D eigenvalue weighted by Crippen LogP contribution is 2.06. The summed E-state index contributed by atoms with van der Waals surface area (Å²) in [6, 6.07) is -0.372. The van der Waals surface area contributed by atoms with Gasteiger partial charge in [-0.25, -0.2) is 0 Å². The molecule has 0 rings (SSSR count). The maximum atomic E-state index is 11.5. The van der Waals surface area contributed by atoms with Crippen molar-refractivity contribution in [3.63, 3.8) is 0 Å². The lowest BCUT2D eigenvalue weighted by atomic mass is 10.1. The molecule has 90 valence electrons. The van der Waals surface area contributed by atoms with E-state index in [9.17, 15) is 4.79 Å². The quantitative estimate of drug-likeness (QED) is 0.541. The highest BCUT2D eigenvalue weighted by Gasteiger charge is 2.24. The lowest BCUT2D eigenvalue weighted by Crippen LogP contribution is -2.45. The van der Waals surface area contributed by atoms with Gasteiger partial charge in [0, 0.05) is 19.7 Å². The van der Waals surface area contributed by atoms with Crippen LogP contribution in [0.15, 0.2) is 0 Å². The molecule has 0 aromatic heterocycles. The number of aliphatic hydroxyl groups excluding tert-OH is 1. The summed E-state index contributed by atoms with van der Waals surface area (Å²) in [6.07, 6.45) is 1.34. The molecule has 0 aliphatic carbocycles. The Morgan fingerprint density at radius 3 is 2.60 bits per heavy atom. The summed E-state index contributed by atoms with van der Waals surface area (Å²) in [4.78, 5) is 13.4. The molecule has 0 radical (unpaired) electrons. The average molecular weight is 218 g/mol. The van der Waals surface area contributed by atoms with Crippen molar-refractivity contribution in [2.24, 2.45) is 5.73 Å². The number of nitrogens with two attached hydrogens (primary N) is 1. The Kier molecular flexibility index (Phi) is 8.27. The fraction of sp³-hybridized carbons (Fsp3) is 0.900. The first-order chi connectivity index (χ1) is 7.21. The van der Waals surface area contributed by atoms with Gasteiger partial charge in [-0.15, -0.1) is 0 Å². The lowest BCUT2D eigenvalue weighted by Gasteiger charge is -2.28. The fourth-order valence-corrected chi connectivity index (χ4v) is 1.58. The summed E-state index contributed by atoms with van der Waals surface area (Å²) in [5.41, 5.74) is 5.48. The van der Waals surface area contributed by atoms with Crippen LogP contribution in [0.4, 0.5) is 0 Å². The van der Waals surface area contributed by atoms with Gasteiger partial charge in [0.2, 0.25) is 0 Å². The van der Waals surface area contributed by atoms with E-state index in [0.717, 1.165) is 13.0 Å². The number of ether oxygens (including phenoxy) is 1. The number of esters is 1. The molecular weight excluding hydrogens is 196 g/mol. The Labute approximate surface area is 91.2 Å². The number of aliphatic hydroxyl groups is 1. The van der Waals surface area contributed by atoms with Gasteiger partial charge in [0.25, 0.3) is 0 Å². The minimum atomic E-state index is -0.372. The van der Waals surface area contributed by atoms with E-state index in [1.807, 2.05) is 11.8 Å². The first-order valence-electron chi connectivity index (χ1n) is 5.34. The molecule has 0 amide bonds. The largest absolute Gasteiger partial charge is 0.468 e. The predicted molar refractivity (Wildman–Crippen MR) is 58.4 cm³/mol. The van der Waals surface area contributed by atoms with Gasteiger partial charge >= 0.3 is 5.97 Å². The number of hydrogen-bond acceptors (Lipinski definition) is 5. The first kappa shape index (κ1) is 14.3. The minimum Gasteiger partial charge on any atom is -0.468 e. The SMILES string of the molecule is CCCN(CCN)C(CCO)C(=O)OC. The van der Waals surface area contributed by atoms with Gasteiger partial charge in [-0.3, -0.25) is 9.69 Å². The Morgan fingerprint density at radius 2 is 2.20 bits per heavy atom. The molecule has 3 N–H and O–H groups in total. The van der Waals surface area contributed by atoms with E-state index in [1.54, 1.807) is 0 Å². The number of rotatable bonds is 8. The Hall–Kier alpha value is -0.650. The number of nitrogens with zero attached hydrogens (tertiary/aromatic N) is 1. The van der Waals surface area contributed by atoms with Crippen molar-refractivity contribution in [1.82, 2.24) is 4.90 Å². The second-order valence-electron chi connectivity index (χ2n) is 3.38. The van der Waals surface area contributed by atoms with Crippen molar-refractivity contribution in [2.45, 2.75) is 25.8 Å². The van der Waals surface area contributed by atoms with Crippen LogP contribution in [-0.4, -0.2) is 55.4 Å². The van der Waals surface area contributed by atoms with Crippen LogP contribution in [0, 0.1) is 0 Å².